The summed E-state index contributed by atoms with van der Waals surface area (Å²) in [5, 5.41) is 9.73. The Morgan fingerprint density at radius 3 is 2.19 bits per heavy atom. The molecule has 1 aliphatic rings. The molecule has 1 fully saturated rings. The zero-order valence-electron chi connectivity index (χ0n) is 16.1. The van der Waals surface area contributed by atoms with Crippen LogP contribution in [0, 0.1) is 5.92 Å². The number of carboxylic acids is 1. The highest BCUT2D eigenvalue weighted by molar-refractivity contribution is 7.89. The summed E-state index contributed by atoms with van der Waals surface area (Å²) in [7, 11) is -2.12. The number of amides is 1. The lowest BCUT2D eigenvalue weighted by atomic mass is 9.80. The maximum atomic E-state index is 12.8. The molecule has 0 aromatic heterocycles. The summed E-state index contributed by atoms with van der Waals surface area (Å²) < 4.78 is 27.0. The minimum absolute atomic E-state index is 0.0768. The number of hydrogen-bond acceptors (Lipinski definition) is 4. The zero-order chi connectivity index (χ0) is 20.2. The molecule has 7 nitrogen and oxygen atoms in total. The van der Waals surface area contributed by atoms with Crippen LogP contribution in [0.15, 0.2) is 29.2 Å². The van der Waals surface area contributed by atoms with Crippen molar-refractivity contribution in [2.75, 3.05) is 13.6 Å². The fourth-order valence-corrected chi connectivity index (χ4v) is 4.57. The summed E-state index contributed by atoms with van der Waals surface area (Å²) in [4.78, 5) is 26.1. The second kappa shape index (κ2) is 8.39. The molecule has 0 aliphatic heterocycles. The van der Waals surface area contributed by atoms with Crippen LogP contribution in [0.1, 0.15) is 56.3 Å². The molecule has 1 amide bonds. The Morgan fingerprint density at radius 2 is 1.70 bits per heavy atom. The molecular formula is C19H28N2O5S. The molecule has 0 unspecified atom stereocenters. The topological polar surface area (TPSA) is 104 Å². The van der Waals surface area contributed by atoms with E-state index in [1.54, 1.807) is 0 Å². The van der Waals surface area contributed by atoms with Crippen molar-refractivity contribution in [1.29, 1.82) is 0 Å². The predicted octanol–water partition coefficient (Wildman–Crippen LogP) is 2.48. The molecular weight excluding hydrogens is 368 g/mol. The second-order valence-electron chi connectivity index (χ2n) is 7.53. The van der Waals surface area contributed by atoms with Gasteiger partial charge in [0.05, 0.1) is 4.90 Å². The third-order valence-electron chi connectivity index (χ3n) is 5.12. The highest BCUT2D eigenvalue weighted by Gasteiger charge is 2.45. The van der Waals surface area contributed by atoms with Gasteiger partial charge in [-0.1, -0.05) is 33.1 Å². The lowest BCUT2D eigenvalue weighted by molar-refractivity contribution is -0.151. The van der Waals surface area contributed by atoms with Gasteiger partial charge in [-0.15, -0.1) is 0 Å². The monoisotopic (exact) mass is 396 g/mol. The Hall–Kier alpha value is -1.93. The average molecular weight is 397 g/mol. The SMILES string of the molecule is CC(C)CNS(=O)(=O)c1ccc(C(=O)N(C)C2(C(=O)O)CCCCC2)cc1. The van der Waals surface area contributed by atoms with E-state index in [-0.39, 0.29) is 16.4 Å². The van der Waals surface area contributed by atoms with Crippen molar-refractivity contribution in [2.24, 2.45) is 5.92 Å². The number of nitrogens with zero attached hydrogens (tertiary/aromatic N) is 1. The largest absolute Gasteiger partial charge is 0.479 e. The van der Waals surface area contributed by atoms with Crippen LogP contribution < -0.4 is 4.72 Å². The van der Waals surface area contributed by atoms with Gasteiger partial charge in [-0.3, -0.25) is 4.79 Å². The van der Waals surface area contributed by atoms with Crippen LogP contribution in [0.3, 0.4) is 0 Å². The average Bonchev–Trinajstić information content (AvgIpc) is 2.65. The number of rotatable bonds is 7. The minimum Gasteiger partial charge on any atom is -0.479 e. The molecule has 0 spiro atoms. The Labute approximate surface area is 160 Å². The number of carbonyl (C=O) groups is 2. The van der Waals surface area contributed by atoms with E-state index in [9.17, 15) is 23.1 Å². The molecule has 0 saturated heterocycles. The highest BCUT2D eigenvalue weighted by Crippen LogP contribution is 2.34. The Balaban J connectivity index is 2.20. The van der Waals surface area contributed by atoms with Crippen LogP contribution in [0.4, 0.5) is 0 Å². The van der Waals surface area contributed by atoms with Crippen molar-refractivity contribution >= 4 is 21.9 Å². The van der Waals surface area contributed by atoms with Gasteiger partial charge in [-0.2, -0.15) is 0 Å². The summed E-state index contributed by atoms with van der Waals surface area (Å²) in [5.74, 6) is -1.23. The normalized spacial score (nSPS) is 16.9. The van der Waals surface area contributed by atoms with Gasteiger partial charge in [-0.25, -0.2) is 17.9 Å². The van der Waals surface area contributed by atoms with Gasteiger partial charge in [0.2, 0.25) is 10.0 Å². The molecule has 8 heteroatoms. The third-order valence-corrected chi connectivity index (χ3v) is 6.56. The van der Waals surface area contributed by atoms with Crippen LogP contribution >= 0.6 is 0 Å². The molecule has 2 N–H and O–H groups in total. The Bertz CT molecular complexity index is 781. The number of likely N-dealkylation sites (N-methyl/N-ethyl adjacent to an activating group) is 1. The van der Waals surface area contributed by atoms with Gasteiger partial charge >= 0.3 is 5.97 Å². The second-order valence-corrected chi connectivity index (χ2v) is 9.30. The van der Waals surface area contributed by atoms with Gasteiger partial charge in [0, 0.05) is 19.2 Å². The van der Waals surface area contributed by atoms with E-state index in [4.69, 9.17) is 0 Å². The molecule has 1 saturated carbocycles. The number of sulfonamides is 1. The van der Waals surface area contributed by atoms with E-state index in [1.165, 1.54) is 36.2 Å². The third kappa shape index (κ3) is 4.68. The van der Waals surface area contributed by atoms with E-state index in [0.29, 0.717) is 19.4 Å². The van der Waals surface area contributed by atoms with Crippen molar-refractivity contribution in [3.8, 4) is 0 Å². The van der Waals surface area contributed by atoms with E-state index >= 15 is 0 Å². The first-order valence-corrected chi connectivity index (χ1v) is 10.7. The number of carboxylic acid groups (broad SMARTS) is 1. The first-order chi connectivity index (χ1) is 12.6. The van der Waals surface area contributed by atoms with Crippen molar-refractivity contribution in [1.82, 2.24) is 9.62 Å². The molecule has 1 aliphatic carbocycles. The molecule has 27 heavy (non-hydrogen) atoms. The zero-order valence-corrected chi connectivity index (χ0v) is 16.9. The fraction of sp³-hybridized carbons (Fsp3) is 0.579. The first kappa shape index (κ1) is 21.4. The van der Waals surface area contributed by atoms with Gasteiger partial charge in [0.15, 0.2) is 0 Å². The quantitative estimate of drug-likeness (QED) is 0.737. The summed E-state index contributed by atoms with van der Waals surface area (Å²) in [6.45, 7) is 4.14. The van der Waals surface area contributed by atoms with Gasteiger partial charge in [0.1, 0.15) is 5.54 Å². The van der Waals surface area contributed by atoms with E-state index in [1.807, 2.05) is 13.8 Å². The first-order valence-electron chi connectivity index (χ1n) is 9.21. The molecule has 1 aromatic rings. The summed E-state index contributed by atoms with van der Waals surface area (Å²) >= 11 is 0. The Morgan fingerprint density at radius 1 is 1.15 bits per heavy atom. The van der Waals surface area contributed by atoms with E-state index in [0.717, 1.165) is 19.3 Å². The van der Waals surface area contributed by atoms with Crippen LogP contribution in [0.25, 0.3) is 0 Å². The van der Waals surface area contributed by atoms with Crippen molar-refractivity contribution in [2.45, 2.75) is 56.4 Å². The Kier molecular flexibility index (Phi) is 6.64. The number of benzene rings is 1. The molecule has 150 valence electrons. The minimum atomic E-state index is -3.63. The predicted molar refractivity (Wildman–Crippen MR) is 102 cm³/mol. The van der Waals surface area contributed by atoms with Crippen molar-refractivity contribution < 1.29 is 23.1 Å². The number of hydrogen-bond donors (Lipinski definition) is 2. The number of carbonyl (C=O) groups excluding carboxylic acids is 1. The highest BCUT2D eigenvalue weighted by atomic mass is 32.2. The maximum absolute atomic E-state index is 12.8. The summed E-state index contributed by atoms with van der Waals surface area (Å²) in [5.41, 5.74) is -0.926. The van der Waals surface area contributed by atoms with Crippen LogP contribution in [-0.2, 0) is 14.8 Å². The summed E-state index contributed by atoms with van der Waals surface area (Å²) in [6.07, 6.45) is 3.35. The van der Waals surface area contributed by atoms with Crippen LogP contribution in [-0.4, -0.2) is 49.4 Å². The number of aliphatic carboxylic acids is 1. The van der Waals surface area contributed by atoms with Crippen LogP contribution in [0.2, 0.25) is 0 Å². The maximum Gasteiger partial charge on any atom is 0.329 e. The molecule has 0 atom stereocenters. The lowest BCUT2D eigenvalue weighted by Crippen LogP contribution is -2.56. The summed E-state index contributed by atoms with van der Waals surface area (Å²) in [6, 6.07) is 5.61. The lowest BCUT2D eigenvalue weighted by Gasteiger charge is -2.41. The van der Waals surface area contributed by atoms with E-state index in [2.05, 4.69) is 4.72 Å². The van der Waals surface area contributed by atoms with Gasteiger partial charge in [0.25, 0.3) is 5.91 Å². The smallest absolute Gasteiger partial charge is 0.329 e. The molecule has 0 radical (unpaired) electrons. The molecule has 0 bridgehead atoms. The van der Waals surface area contributed by atoms with Gasteiger partial charge < -0.3 is 10.0 Å². The van der Waals surface area contributed by atoms with Gasteiger partial charge in [-0.05, 0) is 43.0 Å². The van der Waals surface area contributed by atoms with Crippen LogP contribution in [0.5, 0.6) is 0 Å². The number of nitrogens with one attached hydrogen (secondary N) is 1. The van der Waals surface area contributed by atoms with E-state index < -0.39 is 27.4 Å². The fourth-order valence-electron chi connectivity index (χ4n) is 3.35. The molecule has 0 heterocycles. The standard InChI is InChI=1S/C19H28N2O5S/c1-14(2)13-20-27(25,26)16-9-7-15(8-10-16)17(22)21(3)19(18(23)24)11-5-4-6-12-19/h7-10,14,20H,4-6,11-13H2,1-3H3,(H,23,24). The van der Waals surface area contributed by atoms with Crippen molar-refractivity contribution in [3.63, 3.8) is 0 Å². The molecule has 1 aromatic carbocycles. The molecule has 2 rings (SSSR count). The van der Waals surface area contributed by atoms with Crippen molar-refractivity contribution in [3.05, 3.63) is 29.8 Å².